The molecule has 0 unspecified atom stereocenters. The summed E-state index contributed by atoms with van der Waals surface area (Å²) in [5.74, 6) is 0. The second-order valence-electron chi connectivity index (χ2n) is 13.2. The topological polar surface area (TPSA) is 103 Å². The molecular formula is C45H34N8. The summed E-state index contributed by atoms with van der Waals surface area (Å²) in [6.07, 6.45) is 20.9. The van der Waals surface area contributed by atoms with Crippen molar-refractivity contribution in [1.29, 1.82) is 0 Å². The third-order valence-corrected chi connectivity index (χ3v) is 10.5. The minimum Gasteiger partial charge on any atom is -0.252 e. The van der Waals surface area contributed by atoms with Gasteiger partial charge in [0, 0.05) is 64.8 Å². The van der Waals surface area contributed by atoms with E-state index in [2.05, 4.69) is 129 Å². The van der Waals surface area contributed by atoms with Crippen molar-refractivity contribution in [2.45, 2.75) is 32.1 Å². The van der Waals surface area contributed by atoms with Crippen molar-refractivity contribution >= 4 is 46.4 Å². The van der Waals surface area contributed by atoms with E-state index in [0.29, 0.717) is 0 Å². The molecular weight excluding hydrogens is 653 g/mol. The molecule has 4 heterocycles. The molecule has 1 aliphatic rings. The van der Waals surface area contributed by atoms with Gasteiger partial charge in [-0.3, -0.25) is 19.9 Å². The van der Waals surface area contributed by atoms with Gasteiger partial charge < -0.3 is 0 Å². The molecule has 0 saturated heterocycles. The van der Waals surface area contributed by atoms with Crippen LogP contribution in [0.2, 0.25) is 0 Å². The smallest absolute Gasteiger partial charge is 0.0987 e. The normalized spacial score (nSPS) is 13.2. The van der Waals surface area contributed by atoms with Crippen LogP contribution in [-0.4, -0.2) is 40.3 Å². The first-order valence-corrected chi connectivity index (χ1v) is 17.9. The predicted octanol–water partition coefficient (Wildman–Crippen LogP) is 9.91. The summed E-state index contributed by atoms with van der Waals surface area (Å²) in [4.78, 5) is 18.8. The van der Waals surface area contributed by atoms with Gasteiger partial charge in [-0.05, 0) is 82.6 Å². The lowest BCUT2D eigenvalue weighted by Crippen LogP contribution is -2.23. The molecule has 0 atom stereocenters. The molecule has 53 heavy (non-hydrogen) atoms. The average molecular weight is 687 g/mol. The standard InChI is InChI=1S/C45H34N8/c1-3-45(4-2)37-27-29(9-13-31-15-19-35(39-7-5-21-50-52-39)43-41(31)46-23-25-48-43)11-17-33(37)34-18-12-30(28-38(34)45)10-14-32-16-20-36(40-8-6-22-51-53-40)44-42(32)47-24-26-49-44/h5-28H,3-4H2,1-2H3/b13-9+,14-10+. The molecule has 0 radical (unpaired) electrons. The maximum atomic E-state index is 4.71. The molecule has 0 saturated carbocycles. The summed E-state index contributed by atoms with van der Waals surface area (Å²) < 4.78 is 0. The van der Waals surface area contributed by atoms with Crippen molar-refractivity contribution in [2.75, 3.05) is 0 Å². The van der Waals surface area contributed by atoms with E-state index in [1.54, 1.807) is 37.2 Å². The van der Waals surface area contributed by atoms with E-state index in [1.807, 2.05) is 24.3 Å². The van der Waals surface area contributed by atoms with Gasteiger partial charge in [0.05, 0.1) is 33.5 Å². The highest BCUT2D eigenvalue weighted by Gasteiger charge is 2.40. The first-order chi connectivity index (χ1) is 26.2. The Bertz CT molecular complexity index is 2520. The van der Waals surface area contributed by atoms with E-state index in [4.69, 9.17) is 9.97 Å². The Labute approximate surface area is 307 Å². The van der Waals surface area contributed by atoms with Crippen molar-refractivity contribution in [1.82, 2.24) is 40.3 Å². The number of fused-ring (bicyclic) bond motifs is 5. The molecule has 8 nitrogen and oxygen atoms in total. The highest BCUT2D eigenvalue weighted by molar-refractivity contribution is 5.98. The predicted molar refractivity (Wildman–Crippen MR) is 212 cm³/mol. The van der Waals surface area contributed by atoms with E-state index in [0.717, 1.165) is 79.7 Å². The summed E-state index contributed by atoms with van der Waals surface area (Å²) in [5, 5.41) is 16.7. The molecule has 0 spiro atoms. The lowest BCUT2D eigenvalue weighted by atomic mass is 9.73. The number of aromatic nitrogens is 8. The fourth-order valence-electron chi connectivity index (χ4n) is 7.85. The summed E-state index contributed by atoms with van der Waals surface area (Å²) in [6.45, 7) is 4.61. The molecule has 0 bridgehead atoms. The van der Waals surface area contributed by atoms with Crippen molar-refractivity contribution in [3.8, 4) is 33.6 Å². The summed E-state index contributed by atoms with van der Waals surface area (Å²) in [7, 11) is 0. The lowest BCUT2D eigenvalue weighted by molar-refractivity contribution is 0.490. The Morgan fingerprint density at radius 3 is 1.30 bits per heavy atom. The second kappa shape index (κ2) is 13.4. The number of nitrogens with zero attached hydrogens (tertiary/aromatic N) is 8. The van der Waals surface area contributed by atoms with Crippen molar-refractivity contribution in [3.05, 3.63) is 155 Å². The van der Waals surface area contributed by atoms with Crippen LogP contribution in [0, 0.1) is 0 Å². The molecule has 0 amide bonds. The Balaban J connectivity index is 1.04. The Morgan fingerprint density at radius 1 is 0.453 bits per heavy atom. The van der Waals surface area contributed by atoms with Crippen LogP contribution >= 0.6 is 0 Å². The maximum absolute atomic E-state index is 4.71. The molecule has 0 N–H and O–H groups in total. The van der Waals surface area contributed by atoms with Gasteiger partial charge in [0.15, 0.2) is 0 Å². The van der Waals surface area contributed by atoms with Crippen LogP contribution in [0.15, 0.2) is 122 Å². The quantitative estimate of drug-likeness (QED) is 0.146. The van der Waals surface area contributed by atoms with Crippen LogP contribution in [0.5, 0.6) is 0 Å². The summed E-state index contributed by atoms with van der Waals surface area (Å²) in [6, 6.07) is 29.7. The van der Waals surface area contributed by atoms with Gasteiger partial charge in [0.1, 0.15) is 0 Å². The van der Waals surface area contributed by atoms with Crippen LogP contribution in [0.3, 0.4) is 0 Å². The fourth-order valence-corrected chi connectivity index (χ4v) is 7.85. The van der Waals surface area contributed by atoms with Gasteiger partial charge in [0.2, 0.25) is 0 Å². The lowest BCUT2D eigenvalue weighted by Gasteiger charge is -2.30. The van der Waals surface area contributed by atoms with Gasteiger partial charge in [-0.25, -0.2) is 0 Å². The molecule has 254 valence electrons. The van der Waals surface area contributed by atoms with E-state index < -0.39 is 0 Å². The summed E-state index contributed by atoms with van der Waals surface area (Å²) in [5.41, 5.74) is 16.2. The van der Waals surface area contributed by atoms with Crippen LogP contribution < -0.4 is 0 Å². The summed E-state index contributed by atoms with van der Waals surface area (Å²) >= 11 is 0. The molecule has 0 fully saturated rings. The fraction of sp³-hybridized carbons (Fsp3) is 0.111. The zero-order chi connectivity index (χ0) is 35.8. The van der Waals surface area contributed by atoms with Gasteiger partial charge >= 0.3 is 0 Å². The molecule has 0 aliphatic heterocycles. The monoisotopic (exact) mass is 686 g/mol. The van der Waals surface area contributed by atoms with Gasteiger partial charge in [-0.2, -0.15) is 20.4 Å². The van der Waals surface area contributed by atoms with E-state index >= 15 is 0 Å². The van der Waals surface area contributed by atoms with Crippen molar-refractivity contribution < 1.29 is 0 Å². The first-order valence-electron chi connectivity index (χ1n) is 17.9. The van der Waals surface area contributed by atoms with Crippen LogP contribution in [-0.2, 0) is 5.41 Å². The number of hydrogen-bond donors (Lipinski definition) is 0. The van der Waals surface area contributed by atoms with Crippen LogP contribution in [0.4, 0.5) is 0 Å². The van der Waals surface area contributed by atoms with Crippen molar-refractivity contribution in [2.24, 2.45) is 0 Å². The molecule has 1 aliphatic carbocycles. The number of hydrogen-bond acceptors (Lipinski definition) is 8. The van der Waals surface area contributed by atoms with E-state index in [-0.39, 0.29) is 5.41 Å². The van der Waals surface area contributed by atoms with Gasteiger partial charge in [-0.15, -0.1) is 0 Å². The number of benzene rings is 4. The van der Waals surface area contributed by atoms with Crippen molar-refractivity contribution in [3.63, 3.8) is 0 Å². The Hall–Kier alpha value is -6.80. The minimum absolute atomic E-state index is 0.0918. The first kappa shape index (κ1) is 32.1. The highest BCUT2D eigenvalue weighted by atomic mass is 15.1. The zero-order valence-corrected chi connectivity index (χ0v) is 29.3. The SMILES string of the molecule is CCC1(CC)c2cc(/C=C/c3ccc(-c4cccnn4)c4nccnc34)ccc2-c2ccc(/C=C/c3ccc(-c4cccnn4)c4nccnc34)cc21. The van der Waals surface area contributed by atoms with Crippen LogP contribution in [0.25, 0.3) is 80.0 Å². The Kier molecular flexibility index (Phi) is 8.12. The third-order valence-electron chi connectivity index (χ3n) is 10.5. The number of rotatable bonds is 8. The van der Waals surface area contributed by atoms with Crippen LogP contribution in [0.1, 0.15) is 60.1 Å². The minimum atomic E-state index is -0.0918. The largest absolute Gasteiger partial charge is 0.252 e. The molecule has 9 rings (SSSR count). The molecule has 4 aromatic carbocycles. The Morgan fingerprint density at radius 2 is 0.887 bits per heavy atom. The van der Waals surface area contributed by atoms with Gasteiger partial charge in [-0.1, -0.05) is 86.7 Å². The molecule has 8 aromatic rings. The molecule has 4 aromatic heterocycles. The molecule has 8 heteroatoms. The zero-order valence-electron chi connectivity index (χ0n) is 29.3. The maximum Gasteiger partial charge on any atom is 0.0987 e. The highest BCUT2D eigenvalue weighted by Crippen LogP contribution is 2.53. The second-order valence-corrected chi connectivity index (χ2v) is 13.2. The van der Waals surface area contributed by atoms with E-state index in [1.165, 1.54) is 22.3 Å². The van der Waals surface area contributed by atoms with E-state index in [9.17, 15) is 0 Å². The third kappa shape index (κ3) is 5.56. The average Bonchev–Trinajstić information content (AvgIpc) is 3.50. The van der Waals surface area contributed by atoms with Gasteiger partial charge in [0.25, 0.3) is 0 Å².